The Labute approximate surface area is 130 Å². The van der Waals surface area contributed by atoms with Crippen LogP contribution in [0.2, 0.25) is 0 Å². The van der Waals surface area contributed by atoms with E-state index in [1.54, 1.807) is 6.92 Å². The molecule has 0 rings (SSSR count). The predicted octanol–water partition coefficient (Wildman–Crippen LogP) is 0.0576. The maximum absolute atomic E-state index is 12.0. The number of Topliss-reactive ketones (excluding diaryl/α,β-unsaturated/α-hetero) is 1. The van der Waals surface area contributed by atoms with Gasteiger partial charge in [-0.15, -0.1) is 0 Å². The molecular formula is C14H24N4O4. The summed E-state index contributed by atoms with van der Waals surface area (Å²) in [6.07, 6.45) is 1.21. The Morgan fingerprint density at radius 1 is 1.36 bits per heavy atom. The van der Waals surface area contributed by atoms with E-state index < -0.39 is 29.7 Å². The Hall–Kier alpha value is -2.05. The van der Waals surface area contributed by atoms with Gasteiger partial charge in [-0.05, 0) is 25.7 Å². The molecule has 0 heterocycles. The molecule has 22 heavy (non-hydrogen) atoms. The number of hydrogen-bond donors (Lipinski definition) is 2. The van der Waals surface area contributed by atoms with E-state index >= 15 is 0 Å². The average Bonchev–Trinajstić information content (AvgIpc) is 2.42. The highest BCUT2D eigenvalue weighted by Gasteiger charge is 2.25. The fraction of sp³-hybridized carbons (Fsp3) is 0.714. The molecule has 8 heteroatoms. The second-order valence-electron chi connectivity index (χ2n) is 5.30. The summed E-state index contributed by atoms with van der Waals surface area (Å²) in [5.74, 6) is -1.31. The SMILES string of the molecule is CCOC(=O)C(CCC(=O)C=[N+]=[N-])NC(=O)C(N)CC(C)C. The quantitative estimate of drug-likeness (QED) is 0.254. The summed E-state index contributed by atoms with van der Waals surface area (Å²) in [6.45, 7) is 5.67. The number of carbonyl (C=O) groups is 3. The van der Waals surface area contributed by atoms with E-state index in [0.717, 1.165) is 6.21 Å². The normalized spacial score (nSPS) is 13.0. The first kappa shape index (κ1) is 19.9. The number of ether oxygens (including phenoxy) is 1. The van der Waals surface area contributed by atoms with Crippen molar-refractivity contribution in [2.24, 2.45) is 11.7 Å². The summed E-state index contributed by atoms with van der Waals surface area (Å²) in [4.78, 5) is 37.7. The molecule has 124 valence electrons. The highest BCUT2D eigenvalue weighted by molar-refractivity contribution is 6.25. The highest BCUT2D eigenvalue weighted by Crippen LogP contribution is 2.05. The second-order valence-corrected chi connectivity index (χ2v) is 5.30. The van der Waals surface area contributed by atoms with Crippen LogP contribution in [-0.2, 0) is 19.1 Å². The van der Waals surface area contributed by atoms with Crippen LogP contribution in [0.4, 0.5) is 0 Å². The third kappa shape index (κ3) is 8.28. The minimum Gasteiger partial charge on any atom is -0.464 e. The van der Waals surface area contributed by atoms with E-state index in [0.29, 0.717) is 6.42 Å². The second kappa shape index (κ2) is 10.6. The molecule has 0 saturated carbocycles. The monoisotopic (exact) mass is 312 g/mol. The molecule has 3 N–H and O–H groups in total. The first-order valence-corrected chi connectivity index (χ1v) is 7.24. The zero-order valence-electron chi connectivity index (χ0n) is 13.2. The van der Waals surface area contributed by atoms with E-state index in [1.807, 2.05) is 13.8 Å². The Morgan fingerprint density at radius 2 is 2.00 bits per heavy atom. The summed E-state index contributed by atoms with van der Waals surface area (Å²) in [7, 11) is 0. The summed E-state index contributed by atoms with van der Waals surface area (Å²) in [5, 5.41) is 2.51. The van der Waals surface area contributed by atoms with Gasteiger partial charge in [-0.3, -0.25) is 9.59 Å². The zero-order chi connectivity index (χ0) is 17.1. The molecular weight excluding hydrogens is 288 g/mol. The minimum atomic E-state index is -0.957. The van der Waals surface area contributed by atoms with Crippen LogP contribution in [0.25, 0.3) is 5.53 Å². The molecule has 0 aliphatic rings. The van der Waals surface area contributed by atoms with Crippen molar-refractivity contribution in [2.75, 3.05) is 6.61 Å². The van der Waals surface area contributed by atoms with Crippen molar-refractivity contribution >= 4 is 23.9 Å². The Bertz CT molecular complexity index is 444. The number of nitrogens with zero attached hydrogens (tertiary/aromatic N) is 2. The molecule has 0 aliphatic heterocycles. The summed E-state index contributed by atoms with van der Waals surface area (Å²) in [5.41, 5.74) is 14.0. The first-order chi connectivity index (χ1) is 10.3. The van der Waals surface area contributed by atoms with Gasteiger partial charge in [0.2, 0.25) is 11.7 Å². The van der Waals surface area contributed by atoms with E-state index in [-0.39, 0.29) is 25.4 Å². The summed E-state index contributed by atoms with van der Waals surface area (Å²) in [6, 6.07) is -1.69. The van der Waals surface area contributed by atoms with Crippen LogP contribution in [-0.4, -0.2) is 47.4 Å². The lowest BCUT2D eigenvalue weighted by Crippen LogP contribution is -2.49. The van der Waals surface area contributed by atoms with Gasteiger partial charge in [-0.2, -0.15) is 4.79 Å². The molecule has 0 bridgehead atoms. The third-order valence-corrected chi connectivity index (χ3v) is 2.83. The number of amides is 1. The van der Waals surface area contributed by atoms with Gasteiger partial charge in [-0.1, -0.05) is 13.8 Å². The molecule has 2 atom stereocenters. The molecule has 1 amide bonds. The fourth-order valence-corrected chi connectivity index (χ4v) is 1.80. The molecule has 0 spiro atoms. The van der Waals surface area contributed by atoms with Gasteiger partial charge in [0.15, 0.2) is 0 Å². The number of esters is 1. The maximum atomic E-state index is 12.0. The van der Waals surface area contributed by atoms with Gasteiger partial charge in [0, 0.05) is 6.42 Å². The largest absolute Gasteiger partial charge is 0.464 e. The van der Waals surface area contributed by atoms with Gasteiger partial charge in [0.05, 0.1) is 12.6 Å². The van der Waals surface area contributed by atoms with Crippen molar-refractivity contribution in [1.82, 2.24) is 5.32 Å². The van der Waals surface area contributed by atoms with E-state index in [2.05, 4.69) is 10.1 Å². The Balaban J connectivity index is 4.71. The Kier molecular flexibility index (Phi) is 9.65. The molecule has 0 aromatic carbocycles. The van der Waals surface area contributed by atoms with Crippen molar-refractivity contribution in [3.63, 3.8) is 0 Å². The molecule has 0 fully saturated rings. The predicted molar refractivity (Wildman–Crippen MR) is 79.9 cm³/mol. The van der Waals surface area contributed by atoms with E-state index in [4.69, 9.17) is 16.0 Å². The third-order valence-electron chi connectivity index (χ3n) is 2.83. The number of hydrogen-bond acceptors (Lipinski definition) is 5. The number of nitrogens with one attached hydrogen (secondary N) is 1. The topological polar surface area (TPSA) is 135 Å². The van der Waals surface area contributed by atoms with Crippen molar-refractivity contribution < 1.29 is 23.9 Å². The number of rotatable bonds is 10. The van der Waals surface area contributed by atoms with Crippen molar-refractivity contribution in [3.8, 4) is 0 Å². The summed E-state index contributed by atoms with van der Waals surface area (Å²) >= 11 is 0. The minimum absolute atomic E-state index is 0.0455. The standard InChI is InChI=1S/C14H24N4O4/c1-4-22-14(21)12(6-5-10(19)8-17-16)18-13(20)11(15)7-9(2)3/h8-9,11-12H,4-7,15H2,1-3H3,(H,18,20). The van der Waals surface area contributed by atoms with E-state index in [9.17, 15) is 14.4 Å². The van der Waals surface area contributed by atoms with Gasteiger partial charge < -0.3 is 21.3 Å². The van der Waals surface area contributed by atoms with Crippen molar-refractivity contribution in [2.45, 2.75) is 52.1 Å². The van der Waals surface area contributed by atoms with Crippen LogP contribution in [0.3, 0.4) is 0 Å². The van der Waals surface area contributed by atoms with E-state index in [1.165, 1.54) is 0 Å². The first-order valence-electron chi connectivity index (χ1n) is 7.24. The van der Waals surface area contributed by atoms with Gasteiger partial charge in [-0.25, -0.2) is 4.79 Å². The maximum Gasteiger partial charge on any atom is 0.328 e. The van der Waals surface area contributed by atoms with Crippen LogP contribution in [0.1, 0.15) is 40.0 Å². The van der Waals surface area contributed by atoms with Crippen LogP contribution in [0, 0.1) is 5.92 Å². The van der Waals surface area contributed by atoms with Gasteiger partial charge in [0.1, 0.15) is 6.04 Å². The fourth-order valence-electron chi connectivity index (χ4n) is 1.80. The molecule has 0 aromatic heterocycles. The summed E-state index contributed by atoms with van der Waals surface area (Å²) < 4.78 is 4.87. The molecule has 0 radical (unpaired) electrons. The molecule has 0 saturated heterocycles. The number of carbonyl (C=O) groups excluding carboxylic acids is 3. The molecule has 0 aliphatic carbocycles. The van der Waals surface area contributed by atoms with Crippen LogP contribution in [0.5, 0.6) is 0 Å². The van der Waals surface area contributed by atoms with Crippen molar-refractivity contribution in [3.05, 3.63) is 5.53 Å². The molecule has 8 nitrogen and oxygen atoms in total. The molecule has 0 aromatic rings. The van der Waals surface area contributed by atoms with Crippen molar-refractivity contribution in [1.29, 1.82) is 0 Å². The van der Waals surface area contributed by atoms with Crippen LogP contribution < -0.4 is 11.1 Å². The smallest absolute Gasteiger partial charge is 0.328 e. The lowest BCUT2D eigenvalue weighted by atomic mass is 10.0. The molecule has 2 unspecified atom stereocenters. The average molecular weight is 312 g/mol. The highest BCUT2D eigenvalue weighted by atomic mass is 16.5. The van der Waals surface area contributed by atoms with Crippen LogP contribution in [0.15, 0.2) is 0 Å². The lowest BCUT2D eigenvalue weighted by Gasteiger charge is -2.20. The number of ketones is 1. The van der Waals surface area contributed by atoms with Gasteiger partial charge in [0.25, 0.3) is 0 Å². The zero-order valence-corrected chi connectivity index (χ0v) is 13.2. The van der Waals surface area contributed by atoms with Gasteiger partial charge >= 0.3 is 12.2 Å². The van der Waals surface area contributed by atoms with Crippen LogP contribution >= 0.6 is 0 Å². The Morgan fingerprint density at radius 3 is 2.50 bits per heavy atom. The number of nitrogens with two attached hydrogens (primary N) is 1. The lowest BCUT2D eigenvalue weighted by molar-refractivity contribution is -0.147.